The molecule has 1 saturated carbocycles. The molecule has 1 aliphatic carbocycles. The lowest BCUT2D eigenvalue weighted by Gasteiger charge is -2.31. The molecule has 21 heavy (non-hydrogen) atoms. The van der Waals surface area contributed by atoms with E-state index in [1.807, 2.05) is 7.05 Å². The molecule has 3 aliphatic rings. The number of piperidine rings is 1. The second-order valence-electron chi connectivity index (χ2n) is 7.58. The SMILES string of the molecule is CN=C(NCC1CCCN(C)C1)N1CCC2(CCCC2)C1. The predicted molar refractivity (Wildman–Crippen MR) is 88.7 cm³/mol. The van der Waals surface area contributed by atoms with Gasteiger partial charge in [0, 0.05) is 33.2 Å². The lowest BCUT2D eigenvalue weighted by atomic mass is 9.86. The number of nitrogens with zero attached hydrogens (tertiary/aromatic N) is 3. The van der Waals surface area contributed by atoms with Crippen LogP contribution >= 0.6 is 0 Å². The van der Waals surface area contributed by atoms with E-state index < -0.39 is 0 Å². The van der Waals surface area contributed by atoms with Crippen molar-refractivity contribution in [1.29, 1.82) is 0 Å². The van der Waals surface area contributed by atoms with Gasteiger partial charge in [-0.2, -0.15) is 0 Å². The van der Waals surface area contributed by atoms with E-state index in [9.17, 15) is 0 Å². The molecule has 2 heterocycles. The van der Waals surface area contributed by atoms with Crippen LogP contribution in [0.2, 0.25) is 0 Å². The van der Waals surface area contributed by atoms with Gasteiger partial charge in [0.05, 0.1) is 0 Å². The van der Waals surface area contributed by atoms with Crippen LogP contribution in [0.25, 0.3) is 0 Å². The second-order valence-corrected chi connectivity index (χ2v) is 7.58. The zero-order chi connectivity index (χ0) is 14.7. The smallest absolute Gasteiger partial charge is 0.193 e. The summed E-state index contributed by atoms with van der Waals surface area (Å²) in [5.74, 6) is 1.93. The zero-order valence-corrected chi connectivity index (χ0v) is 13.9. The molecule has 3 fully saturated rings. The van der Waals surface area contributed by atoms with Crippen molar-refractivity contribution in [1.82, 2.24) is 15.1 Å². The molecule has 2 aliphatic heterocycles. The Bertz CT molecular complexity index is 373. The van der Waals surface area contributed by atoms with E-state index in [4.69, 9.17) is 0 Å². The first-order chi connectivity index (χ1) is 10.2. The summed E-state index contributed by atoms with van der Waals surface area (Å²) in [6.07, 6.45) is 9.83. The van der Waals surface area contributed by atoms with Gasteiger partial charge in [-0.3, -0.25) is 4.99 Å². The Labute approximate surface area is 130 Å². The Morgan fingerprint density at radius 2 is 2.00 bits per heavy atom. The fourth-order valence-corrected chi connectivity index (χ4v) is 4.66. The van der Waals surface area contributed by atoms with Crippen molar-refractivity contribution < 1.29 is 0 Å². The normalized spacial score (nSPS) is 30.3. The Balaban J connectivity index is 1.49. The first kappa shape index (κ1) is 15.1. The molecule has 2 saturated heterocycles. The maximum atomic E-state index is 4.55. The lowest BCUT2D eigenvalue weighted by Crippen LogP contribution is -2.45. The summed E-state index contributed by atoms with van der Waals surface area (Å²) in [6, 6.07) is 0. The van der Waals surface area contributed by atoms with Gasteiger partial charge >= 0.3 is 0 Å². The monoisotopic (exact) mass is 292 g/mol. The first-order valence-corrected chi connectivity index (χ1v) is 8.85. The van der Waals surface area contributed by atoms with Gasteiger partial charge in [-0.25, -0.2) is 0 Å². The van der Waals surface area contributed by atoms with Crippen molar-refractivity contribution in [3.05, 3.63) is 0 Å². The molecule has 1 spiro atoms. The Morgan fingerprint density at radius 1 is 1.19 bits per heavy atom. The maximum absolute atomic E-state index is 4.55. The lowest BCUT2D eigenvalue weighted by molar-refractivity contribution is 0.209. The third-order valence-electron chi connectivity index (χ3n) is 5.88. The fourth-order valence-electron chi connectivity index (χ4n) is 4.66. The number of hydrogen-bond donors (Lipinski definition) is 1. The van der Waals surface area contributed by atoms with E-state index in [0.717, 1.165) is 18.4 Å². The van der Waals surface area contributed by atoms with Crippen LogP contribution in [0.4, 0.5) is 0 Å². The average Bonchev–Trinajstić information content (AvgIpc) is 3.11. The highest BCUT2D eigenvalue weighted by Crippen LogP contribution is 2.45. The summed E-state index contributed by atoms with van der Waals surface area (Å²) >= 11 is 0. The van der Waals surface area contributed by atoms with Crippen LogP contribution in [-0.2, 0) is 0 Å². The number of hydrogen-bond acceptors (Lipinski definition) is 2. The molecule has 1 atom stereocenters. The zero-order valence-electron chi connectivity index (χ0n) is 13.9. The van der Waals surface area contributed by atoms with E-state index in [-0.39, 0.29) is 0 Å². The van der Waals surface area contributed by atoms with Crippen molar-refractivity contribution in [3.8, 4) is 0 Å². The molecule has 4 nitrogen and oxygen atoms in total. The van der Waals surface area contributed by atoms with Gasteiger partial charge in [0.15, 0.2) is 5.96 Å². The summed E-state index contributed by atoms with van der Waals surface area (Å²) in [5.41, 5.74) is 0.628. The van der Waals surface area contributed by atoms with Gasteiger partial charge in [0.1, 0.15) is 0 Å². The van der Waals surface area contributed by atoms with Crippen molar-refractivity contribution in [2.24, 2.45) is 16.3 Å². The van der Waals surface area contributed by atoms with E-state index in [0.29, 0.717) is 5.41 Å². The molecule has 3 rings (SSSR count). The van der Waals surface area contributed by atoms with E-state index in [1.165, 1.54) is 71.1 Å². The topological polar surface area (TPSA) is 30.9 Å². The van der Waals surface area contributed by atoms with Crippen LogP contribution in [-0.4, -0.2) is 62.6 Å². The molecule has 0 amide bonds. The maximum Gasteiger partial charge on any atom is 0.193 e. The van der Waals surface area contributed by atoms with Gasteiger partial charge in [-0.05, 0) is 57.0 Å². The van der Waals surface area contributed by atoms with Crippen LogP contribution in [0.3, 0.4) is 0 Å². The van der Waals surface area contributed by atoms with Crippen LogP contribution in [0, 0.1) is 11.3 Å². The Hall–Kier alpha value is -0.770. The van der Waals surface area contributed by atoms with Gasteiger partial charge in [0.25, 0.3) is 0 Å². The van der Waals surface area contributed by atoms with Crippen LogP contribution in [0.15, 0.2) is 4.99 Å². The van der Waals surface area contributed by atoms with Crippen molar-refractivity contribution in [3.63, 3.8) is 0 Å². The highest BCUT2D eigenvalue weighted by Gasteiger charge is 2.41. The summed E-state index contributed by atoms with van der Waals surface area (Å²) in [5, 5.41) is 3.66. The second kappa shape index (κ2) is 6.55. The van der Waals surface area contributed by atoms with E-state index >= 15 is 0 Å². The van der Waals surface area contributed by atoms with Gasteiger partial charge in [-0.1, -0.05) is 12.8 Å². The standard InChI is InChI=1S/C17H32N4/c1-18-16(19-12-15-6-5-10-20(2)13-15)21-11-9-17(14-21)7-3-4-8-17/h15H,3-14H2,1-2H3,(H,18,19). The van der Waals surface area contributed by atoms with Gasteiger partial charge in [0.2, 0.25) is 0 Å². The minimum Gasteiger partial charge on any atom is -0.356 e. The highest BCUT2D eigenvalue weighted by atomic mass is 15.3. The molecule has 0 aromatic carbocycles. The number of aliphatic imine (C=N–C) groups is 1. The van der Waals surface area contributed by atoms with Crippen molar-refractivity contribution in [2.45, 2.75) is 44.9 Å². The minimum atomic E-state index is 0.628. The van der Waals surface area contributed by atoms with Crippen molar-refractivity contribution >= 4 is 5.96 Å². The molecule has 4 heteroatoms. The summed E-state index contributed by atoms with van der Waals surface area (Å²) in [7, 11) is 4.18. The Kier molecular flexibility index (Phi) is 4.72. The molecule has 1 unspecified atom stereocenters. The minimum absolute atomic E-state index is 0.628. The molecule has 0 aromatic rings. The Morgan fingerprint density at radius 3 is 2.71 bits per heavy atom. The highest BCUT2D eigenvalue weighted by molar-refractivity contribution is 5.80. The average molecular weight is 292 g/mol. The largest absolute Gasteiger partial charge is 0.356 e. The summed E-state index contributed by atoms with van der Waals surface area (Å²) in [4.78, 5) is 9.52. The molecular formula is C17H32N4. The molecule has 1 N–H and O–H groups in total. The third-order valence-corrected chi connectivity index (χ3v) is 5.88. The molecule has 120 valence electrons. The molecule has 0 bridgehead atoms. The van der Waals surface area contributed by atoms with Gasteiger partial charge < -0.3 is 15.1 Å². The van der Waals surface area contributed by atoms with E-state index in [2.05, 4.69) is 27.2 Å². The predicted octanol–water partition coefficient (Wildman–Crippen LogP) is 2.17. The van der Waals surface area contributed by atoms with Gasteiger partial charge in [-0.15, -0.1) is 0 Å². The molecular weight excluding hydrogens is 260 g/mol. The number of nitrogens with one attached hydrogen (secondary N) is 1. The van der Waals surface area contributed by atoms with Crippen LogP contribution < -0.4 is 5.32 Å². The number of likely N-dealkylation sites (tertiary alicyclic amines) is 2. The first-order valence-electron chi connectivity index (χ1n) is 8.85. The van der Waals surface area contributed by atoms with Crippen LogP contribution in [0.5, 0.6) is 0 Å². The van der Waals surface area contributed by atoms with Crippen molar-refractivity contribution in [2.75, 3.05) is 46.8 Å². The van der Waals surface area contributed by atoms with E-state index in [1.54, 1.807) is 0 Å². The third kappa shape index (κ3) is 3.53. The number of rotatable bonds is 2. The fraction of sp³-hybridized carbons (Fsp3) is 0.941. The number of guanidine groups is 1. The quantitative estimate of drug-likeness (QED) is 0.625. The summed E-state index contributed by atoms with van der Waals surface area (Å²) < 4.78 is 0. The van der Waals surface area contributed by atoms with Crippen LogP contribution in [0.1, 0.15) is 44.9 Å². The summed E-state index contributed by atoms with van der Waals surface area (Å²) in [6.45, 7) is 6.01. The molecule has 0 radical (unpaired) electrons. The molecule has 0 aromatic heterocycles.